The molecule has 1 aromatic rings. The lowest BCUT2D eigenvalue weighted by Crippen LogP contribution is -2.33. The van der Waals surface area contributed by atoms with E-state index in [1.165, 1.54) is 4.31 Å². The van der Waals surface area contributed by atoms with Gasteiger partial charge in [0.25, 0.3) is 0 Å². The highest BCUT2D eigenvalue weighted by Gasteiger charge is 2.19. The van der Waals surface area contributed by atoms with Crippen LogP contribution in [0.4, 0.5) is 0 Å². The molecule has 6 heteroatoms. The van der Waals surface area contributed by atoms with Crippen molar-refractivity contribution in [3.63, 3.8) is 0 Å². The molecule has 1 rings (SSSR count). The van der Waals surface area contributed by atoms with E-state index in [0.717, 1.165) is 5.69 Å². The van der Waals surface area contributed by atoms with E-state index in [4.69, 9.17) is 11.6 Å². The number of hydrogen-bond donors (Lipinski definition) is 0. The van der Waals surface area contributed by atoms with Gasteiger partial charge < -0.3 is 0 Å². The molecule has 0 radical (unpaired) electrons. The number of sulfonamides is 1. The van der Waals surface area contributed by atoms with Crippen molar-refractivity contribution in [2.24, 2.45) is 0 Å². The smallest absolute Gasteiger partial charge is 0.214 e. The van der Waals surface area contributed by atoms with Crippen LogP contribution in [0, 0.1) is 0 Å². The number of halogens is 1. The first-order valence-corrected chi connectivity index (χ1v) is 7.44. The Balaban J connectivity index is 2.56. The van der Waals surface area contributed by atoms with Gasteiger partial charge in [0.1, 0.15) is 0 Å². The normalized spacial score (nSPS) is 13.9. The van der Waals surface area contributed by atoms with Gasteiger partial charge in [0.05, 0.1) is 5.75 Å². The minimum atomic E-state index is -3.24. The average Bonchev–Trinajstić information content (AvgIpc) is 2.27. The average molecular weight is 277 g/mol. The predicted octanol–water partition coefficient (Wildman–Crippen LogP) is 1.51. The molecule has 1 atom stereocenters. The Kier molecular flexibility index (Phi) is 5.36. The van der Waals surface area contributed by atoms with Gasteiger partial charge in [-0.05, 0) is 19.1 Å². The summed E-state index contributed by atoms with van der Waals surface area (Å²) in [6, 6.07) is 5.47. The summed E-state index contributed by atoms with van der Waals surface area (Å²) in [5.74, 6) is 0.0596. The summed E-state index contributed by atoms with van der Waals surface area (Å²) >= 11 is 5.78. The van der Waals surface area contributed by atoms with Crippen LogP contribution in [0.5, 0.6) is 0 Å². The Hall–Kier alpha value is -0.650. The fourth-order valence-corrected chi connectivity index (χ4v) is 2.92. The summed E-state index contributed by atoms with van der Waals surface area (Å²) < 4.78 is 25.1. The van der Waals surface area contributed by atoms with Gasteiger partial charge in [-0.1, -0.05) is 6.07 Å². The summed E-state index contributed by atoms with van der Waals surface area (Å²) in [6.07, 6.45) is 2.08. The van der Waals surface area contributed by atoms with E-state index in [9.17, 15) is 8.42 Å². The highest BCUT2D eigenvalue weighted by molar-refractivity contribution is 7.89. The summed E-state index contributed by atoms with van der Waals surface area (Å²) in [6.45, 7) is 2.10. The highest BCUT2D eigenvalue weighted by atomic mass is 35.5. The third-order valence-electron chi connectivity index (χ3n) is 2.33. The molecular weight excluding hydrogens is 260 g/mol. The third-order valence-corrected chi connectivity index (χ3v) is 4.28. The molecule has 0 N–H and O–H groups in total. The first-order chi connectivity index (χ1) is 7.92. The van der Waals surface area contributed by atoms with E-state index >= 15 is 0 Å². The fourth-order valence-electron chi connectivity index (χ4n) is 1.40. The standard InChI is InChI=1S/C11H17ClN2O2S/c1-10(12)9-14(2)17(15,16)8-6-11-5-3-4-7-13-11/h3-5,7,10H,6,8-9H2,1-2H3. The fraction of sp³-hybridized carbons (Fsp3) is 0.545. The van der Waals surface area contributed by atoms with Gasteiger partial charge in [-0.15, -0.1) is 11.6 Å². The Morgan fingerprint density at radius 3 is 2.71 bits per heavy atom. The zero-order valence-corrected chi connectivity index (χ0v) is 11.6. The molecule has 0 aliphatic heterocycles. The molecule has 4 nitrogen and oxygen atoms in total. The Labute approximate surface area is 108 Å². The molecule has 0 bridgehead atoms. The zero-order valence-electron chi connectivity index (χ0n) is 10.0. The second-order valence-corrected chi connectivity index (χ2v) is 6.89. The van der Waals surface area contributed by atoms with Crippen molar-refractivity contribution in [1.82, 2.24) is 9.29 Å². The van der Waals surface area contributed by atoms with Crippen LogP contribution in [0.3, 0.4) is 0 Å². The van der Waals surface area contributed by atoms with E-state index in [2.05, 4.69) is 4.98 Å². The quantitative estimate of drug-likeness (QED) is 0.740. The molecule has 0 saturated carbocycles. The molecule has 0 aliphatic carbocycles. The van der Waals surface area contributed by atoms with Crippen LogP contribution >= 0.6 is 11.6 Å². The largest absolute Gasteiger partial charge is 0.261 e. The summed E-state index contributed by atoms with van der Waals surface area (Å²) in [7, 11) is -1.70. The predicted molar refractivity (Wildman–Crippen MR) is 69.7 cm³/mol. The number of rotatable bonds is 6. The summed E-state index contributed by atoms with van der Waals surface area (Å²) in [5, 5.41) is -0.190. The molecule has 1 aromatic heterocycles. The summed E-state index contributed by atoms with van der Waals surface area (Å²) in [4.78, 5) is 4.09. The number of nitrogens with zero attached hydrogens (tertiary/aromatic N) is 2. The monoisotopic (exact) mass is 276 g/mol. The second-order valence-electron chi connectivity index (χ2n) is 3.95. The highest BCUT2D eigenvalue weighted by Crippen LogP contribution is 2.06. The van der Waals surface area contributed by atoms with Gasteiger partial charge in [0.15, 0.2) is 0 Å². The van der Waals surface area contributed by atoms with E-state index in [1.807, 2.05) is 12.1 Å². The minimum Gasteiger partial charge on any atom is -0.261 e. The van der Waals surface area contributed by atoms with Crippen LogP contribution in [0.2, 0.25) is 0 Å². The topological polar surface area (TPSA) is 50.3 Å². The van der Waals surface area contributed by atoms with Crippen molar-refractivity contribution in [2.45, 2.75) is 18.7 Å². The first-order valence-electron chi connectivity index (χ1n) is 5.40. The van der Waals surface area contributed by atoms with Crippen LogP contribution in [-0.4, -0.2) is 42.4 Å². The van der Waals surface area contributed by atoms with Gasteiger partial charge >= 0.3 is 0 Å². The van der Waals surface area contributed by atoms with E-state index in [0.29, 0.717) is 13.0 Å². The number of aryl methyl sites for hydroxylation is 1. The van der Waals surface area contributed by atoms with Gasteiger partial charge in [0, 0.05) is 37.3 Å². The van der Waals surface area contributed by atoms with Gasteiger partial charge in [-0.2, -0.15) is 0 Å². The maximum Gasteiger partial charge on any atom is 0.214 e. The van der Waals surface area contributed by atoms with E-state index < -0.39 is 10.0 Å². The number of alkyl halides is 1. The number of aromatic nitrogens is 1. The van der Waals surface area contributed by atoms with E-state index in [-0.39, 0.29) is 11.1 Å². The second kappa shape index (κ2) is 6.33. The Bertz CT molecular complexity index is 434. The maximum absolute atomic E-state index is 11.9. The van der Waals surface area contributed by atoms with Crippen LogP contribution in [0.25, 0.3) is 0 Å². The van der Waals surface area contributed by atoms with E-state index in [1.54, 1.807) is 26.2 Å². The van der Waals surface area contributed by atoms with Crippen LogP contribution in [0.1, 0.15) is 12.6 Å². The molecule has 0 spiro atoms. The molecule has 1 unspecified atom stereocenters. The SMILES string of the molecule is CC(Cl)CN(C)S(=O)(=O)CCc1ccccn1. The molecule has 1 heterocycles. The first kappa shape index (κ1) is 14.4. The number of pyridine rings is 1. The maximum atomic E-state index is 11.9. The summed E-state index contributed by atoms with van der Waals surface area (Å²) in [5.41, 5.74) is 0.781. The van der Waals surface area contributed by atoms with Gasteiger partial charge in [-0.25, -0.2) is 12.7 Å². The van der Waals surface area contributed by atoms with Gasteiger partial charge in [-0.3, -0.25) is 4.98 Å². The molecule has 0 fully saturated rings. The molecule has 17 heavy (non-hydrogen) atoms. The molecule has 0 saturated heterocycles. The van der Waals surface area contributed by atoms with Crippen LogP contribution < -0.4 is 0 Å². The zero-order chi connectivity index (χ0) is 12.9. The lowest BCUT2D eigenvalue weighted by atomic mass is 10.3. The lowest BCUT2D eigenvalue weighted by molar-refractivity contribution is 0.470. The molecule has 0 aliphatic rings. The minimum absolute atomic E-state index is 0.0596. The Morgan fingerprint density at radius 2 is 2.18 bits per heavy atom. The van der Waals surface area contributed by atoms with Crippen molar-refractivity contribution >= 4 is 21.6 Å². The number of hydrogen-bond acceptors (Lipinski definition) is 3. The van der Waals surface area contributed by atoms with Crippen molar-refractivity contribution in [1.29, 1.82) is 0 Å². The van der Waals surface area contributed by atoms with Crippen LogP contribution in [-0.2, 0) is 16.4 Å². The third kappa shape index (κ3) is 5.02. The van der Waals surface area contributed by atoms with Crippen LogP contribution in [0.15, 0.2) is 24.4 Å². The van der Waals surface area contributed by atoms with Gasteiger partial charge in [0.2, 0.25) is 10.0 Å². The lowest BCUT2D eigenvalue weighted by Gasteiger charge is -2.18. The van der Waals surface area contributed by atoms with Crippen molar-refractivity contribution in [2.75, 3.05) is 19.3 Å². The molecule has 0 aromatic carbocycles. The van der Waals surface area contributed by atoms with Crippen molar-refractivity contribution in [3.05, 3.63) is 30.1 Å². The molecule has 0 amide bonds. The molecular formula is C11H17ClN2O2S. The van der Waals surface area contributed by atoms with Crippen molar-refractivity contribution in [3.8, 4) is 0 Å². The Morgan fingerprint density at radius 1 is 1.47 bits per heavy atom. The van der Waals surface area contributed by atoms with Crippen molar-refractivity contribution < 1.29 is 8.42 Å². The molecule has 96 valence electrons.